The smallest absolute Gasteiger partial charge is 0.242 e. The van der Waals surface area contributed by atoms with Gasteiger partial charge in [-0.1, -0.05) is 24.3 Å². The monoisotopic (exact) mass is 296 g/mol. The van der Waals surface area contributed by atoms with Crippen molar-refractivity contribution >= 4 is 19.9 Å². The molecule has 0 radical (unpaired) electrons. The van der Waals surface area contributed by atoms with Crippen LogP contribution in [0.2, 0.25) is 19.6 Å². The topological polar surface area (TPSA) is 43.4 Å². The Morgan fingerprint density at radius 2 is 1.29 bits per heavy atom. The second-order valence-corrected chi connectivity index (χ2v) is 10.6. The van der Waals surface area contributed by atoms with Crippen LogP contribution in [0.15, 0.2) is 42.5 Å². The van der Waals surface area contributed by atoms with E-state index in [9.17, 15) is 9.59 Å². The van der Waals surface area contributed by atoms with Crippen molar-refractivity contribution in [2.24, 2.45) is 0 Å². The number of ketones is 2. The molecular formula is C17H16O3Si. The first-order valence-corrected chi connectivity index (χ1v) is 10.3. The Kier molecular flexibility index (Phi) is 3.06. The fraction of sp³-hybridized carbons (Fsp3) is 0.176. The van der Waals surface area contributed by atoms with Crippen molar-refractivity contribution in [3.8, 4) is 5.75 Å². The summed E-state index contributed by atoms with van der Waals surface area (Å²) in [7, 11) is -1.75. The first-order chi connectivity index (χ1) is 9.87. The summed E-state index contributed by atoms with van der Waals surface area (Å²) in [4.78, 5) is 25.0. The van der Waals surface area contributed by atoms with Crippen molar-refractivity contribution in [2.45, 2.75) is 19.6 Å². The lowest BCUT2D eigenvalue weighted by Crippen LogP contribution is -2.29. The van der Waals surface area contributed by atoms with E-state index in [4.69, 9.17) is 4.43 Å². The van der Waals surface area contributed by atoms with Gasteiger partial charge in [0, 0.05) is 22.3 Å². The van der Waals surface area contributed by atoms with Crippen LogP contribution in [0.3, 0.4) is 0 Å². The molecule has 0 spiro atoms. The summed E-state index contributed by atoms with van der Waals surface area (Å²) in [5.74, 6) is 0.453. The third-order valence-electron chi connectivity index (χ3n) is 3.32. The predicted molar refractivity (Wildman–Crippen MR) is 83.7 cm³/mol. The highest BCUT2D eigenvalue weighted by Gasteiger charge is 2.30. The molecule has 0 saturated heterocycles. The number of carbonyl (C=O) groups is 2. The number of fused-ring (bicyclic) bond motifs is 2. The van der Waals surface area contributed by atoms with Crippen molar-refractivity contribution < 1.29 is 14.0 Å². The zero-order valence-corrected chi connectivity index (χ0v) is 13.3. The molecule has 1 aliphatic carbocycles. The van der Waals surface area contributed by atoms with E-state index in [0.29, 0.717) is 28.0 Å². The first-order valence-electron chi connectivity index (χ1n) is 6.88. The molecule has 0 amide bonds. The van der Waals surface area contributed by atoms with E-state index >= 15 is 0 Å². The van der Waals surface area contributed by atoms with E-state index in [1.165, 1.54) is 0 Å². The van der Waals surface area contributed by atoms with E-state index < -0.39 is 8.32 Å². The van der Waals surface area contributed by atoms with Gasteiger partial charge in [0.25, 0.3) is 0 Å². The van der Waals surface area contributed by atoms with Gasteiger partial charge in [-0.15, -0.1) is 0 Å². The van der Waals surface area contributed by atoms with Crippen LogP contribution in [0.25, 0.3) is 0 Å². The first kappa shape index (κ1) is 13.8. The summed E-state index contributed by atoms with van der Waals surface area (Å²) in [5.41, 5.74) is 1.85. The molecule has 106 valence electrons. The Labute approximate surface area is 124 Å². The minimum absolute atomic E-state index is 0.0975. The molecule has 1 aliphatic rings. The summed E-state index contributed by atoms with van der Waals surface area (Å²) in [6, 6.07) is 12.1. The van der Waals surface area contributed by atoms with Crippen LogP contribution >= 0.6 is 0 Å². The van der Waals surface area contributed by atoms with Gasteiger partial charge in [-0.05, 0) is 37.8 Å². The van der Waals surface area contributed by atoms with Gasteiger partial charge in [0.1, 0.15) is 5.75 Å². The summed E-state index contributed by atoms with van der Waals surface area (Å²) in [6.45, 7) is 6.23. The molecule has 21 heavy (non-hydrogen) atoms. The molecule has 2 aromatic carbocycles. The van der Waals surface area contributed by atoms with E-state index in [1.807, 2.05) is 0 Å². The van der Waals surface area contributed by atoms with Crippen LogP contribution in [0, 0.1) is 0 Å². The van der Waals surface area contributed by atoms with Gasteiger partial charge >= 0.3 is 0 Å². The number of rotatable bonds is 2. The van der Waals surface area contributed by atoms with Gasteiger partial charge in [0.15, 0.2) is 11.6 Å². The average Bonchev–Trinajstić information content (AvgIpc) is 2.43. The van der Waals surface area contributed by atoms with Crippen LogP contribution in [0.1, 0.15) is 31.8 Å². The zero-order valence-electron chi connectivity index (χ0n) is 12.3. The summed E-state index contributed by atoms with van der Waals surface area (Å²) in [5, 5.41) is 0. The lowest BCUT2D eigenvalue weighted by molar-refractivity contribution is 0.0979. The van der Waals surface area contributed by atoms with Crippen LogP contribution in [0.5, 0.6) is 5.75 Å². The molecule has 0 aliphatic heterocycles. The Morgan fingerprint density at radius 3 is 1.86 bits per heavy atom. The molecule has 0 aromatic heterocycles. The van der Waals surface area contributed by atoms with E-state index in [2.05, 4.69) is 19.6 Å². The lowest BCUT2D eigenvalue weighted by atomic mass is 9.84. The molecular weight excluding hydrogens is 280 g/mol. The third-order valence-corrected chi connectivity index (χ3v) is 4.17. The Morgan fingerprint density at radius 1 is 0.762 bits per heavy atom. The molecule has 0 heterocycles. The molecule has 3 nitrogen and oxygen atoms in total. The molecule has 0 bridgehead atoms. The standard InChI is InChI=1S/C17H16O3Si/c1-21(2,3)20-11-8-9-14-15(10-11)17(19)13-7-5-4-6-12(13)16(14)18/h4-10H,1-3H3. The van der Waals surface area contributed by atoms with E-state index in [-0.39, 0.29) is 11.6 Å². The molecule has 2 aromatic rings. The Balaban J connectivity index is 2.11. The van der Waals surface area contributed by atoms with E-state index in [0.717, 1.165) is 0 Å². The normalized spacial score (nSPS) is 13.7. The molecule has 0 N–H and O–H groups in total. The quantitative estimate of drug-likeness (QED) is 0.678. The fourth-order valence-corrected chi connectivity index (χ4v) is 3.33. The molecule has 3 rings (SSSR count). The maximum absolute atomic E-state index is 12.6. The van der Waals surface area contributed by atoms with Crippen molar-refractivity contribution in [3.05, 3.63) is 64.7 Å². The van der Waals surface area contributed by atoms with Crippen molar-refractivity contribution in [3.63, 3.8) is 0 Å². The minimum Gasteiger partial charge on any atom is -0.544 e. The molecule has 4 heteroatoms. The van der Waals surface area contributed by atoms with Crippen molar-refractivity contribution in [2.75, 3.05) is 0 Å². The summed E-state index contributed by atoms with van der Waals surface area (Å²) < 4.78 is 5.91. The summed E-state index contributed by atoms with van der Waals surface area (Å²) >= 11 is 0. The predicted octanol–water partition coefficient (Wildman–Crippen LogP) is 3.68. The van der Waals surface area contributed by atoms with Crippen molar-refractivity contribution in [1.29, 1.82) is 0 Å². The van der Waals surface area contributed by atoms with Crippen LogP contribution in [-0.4, -0.2) is 19.9 Å². The lowest BCUT2D eigenvalue weighted by Gasteiger charge is -2.22. The maximum Gasteiger partial charge on any atom is 0.242 e. The molecule has 0 unspecified atom stereocenters. The summed E-state index contributed by atoms with van der Waals surface area (Å²) in [6.07, 6.45) is 0. The second-order valence-electron chi connectivity index (χ2n) is 6.13. The zero-order chi connectivity index (χ0) is 15.2. The number of benzene rings is 2. The fourth-order valence-electron chi connectivity index (χ4n) is 2.50. The number of hydrogen-bond acceptors (Lipinski definition) is 3. The van der Waals surface area contributed by atoms with Crippen LogP contribution in [0.4, 0.5) is 0 Å². The third kappa shape index (κ3) is 2.42. The van der Waals surface area contributed by atoms with Gasteiger partial charge < -0.3 is 4.43 Å². The highest BCUT2D eigenvalue weighted by Crippen LogP contribution is 2.30. The molecule has 0 fully saturated rings. The van der Waals surface area contributed by atoms with E-state index in [1.54, 1.807) is 42.5 Å². The van der Waals surface area contributed by atoms with Crippen molar-refractivity contribution in [1.82, 2.24) is 0 Å². The second kappa shape index (κ2) is 4.67. The van der Waals surface area contributed by atoms with Gasteiger partial charge in [-0.3, -0.25) is 9.59 Å². The number of carbonyl (C=O) groups excluding carboxylic acids is 2. The average molecular weight is 296 g/mol. The maximum atomic E-state index is 12.6. The molecule has 0 atom stereocenters. The SMILES string of the molecule is C[Si](C)(C)Oc1ccc2c(c1)C(=O)c1ccccc1C2=O. The van der Waals surface area contributed by atoms with Gasteiger partial charge in [0.2, 0.25) is 8.32 Å². The van der Waals surface area contributed by atoms with Gasteiger partial charge in [-0.25, -0.2) is 0 Å². The molecule has 0 saturated carbocycles. The Bertz CT molecular complexity index is 757. The highest BCUT2D eigenvalue weighted by molar-refractivity contribution is 6.70. The minimum atomic E-state index is -1.75. The van der Waals surface area contributed by atoms with Gasteiger partial charge in [-0.2, -0.15) is 0 Å². The van der Waals surface area contributed by atoms with Crippen LogP contribution in [-0.2, 0) is 0 Å². The van der Waals surface area contributed by atoms with Crippen LogP contribution < -0.4 is 4.43 Å². The highest BCUT2D eigenvalue weighted by atomic mass is 28.4. The Hall–Kier alpha value is -2.20. The van der Waals surface area contributed by atoms with Gasteiger partial charge in [0.05, 0.1) is 0 Å². The number of hydrogen-bond donors (Lipinski definition) is 0. The largest absolute Gasteiger partial charge is 0.544 e.